The predicted molar refractivity (Wildman–Crippen MR) is 103 cm³/mol. The average molecular weight is 348 g/mol. The van der Waals surface area contributed by atoms with Crippen molar-refractivity contribution in [3.05, 3.63) is 71.5 Å². The van der Waals surface area contributed by atoms with Gasteiger partial charge in [0.15, 0.2) is 0 Å². The Hall–Kier alpha value is -3.41. The van der Waals surface area contributed by atoms with Crippen molar-refractivity contribution in [1.29, 1.82) is 0 Å². The van der Waals surface area contributed by atoms with Crippen LogP contribution < -0.4 is 10.6 Å². The second-order valence-corrected chi connectivity index (χ2v) is 5.83. The third-order valence-electron chi connectivity index (χ3n) is 3.90. The number of carboxylic acid groups (broad SMARTS) is 1. The van der Waals surface area contributed by atoms with Gasteiger partial charge in [-0.25, -0.2) is 14.8 Å². The minimum absolute atomic E-state index is 0.243. The lowest BCUT2D eigenvalue weighted by Gasteiger charge is -2.12. The summed E-state index contributed by atoms with van der Waals surface area (Å²) in [7, 11) is 0. The van der Waals surface area contributed by atoms with Gasteiger partial charge in [0, 0.05) is 17.4 Å². The first-order valence-electron chi connectivity index (χ1n) is 8.36. The van der Waals surface area contributed by atoms with Crippen LogP contribution in [-0.2, 0) is 6.42 Å². The van der Waals surface area contributed by atoms with Crippen molar-refractivity contribution < 1.29 is 9.90 Å². The third-order valence-corrected chi connectivity index (χ3v) is 3.90. The summed E-state index contributed by atoms with van der Waals surface area (Å²) in [4.78, 5) is 19.8. The lowest BCUT2D eigenvalue weighted by atomic mass is 10.1. The number of aryl methyl sites for hydroxylation is 2. The summed E-state index contributed by atoms with van der Waals surface area (Å²) >= 11 is 0. The van der Waals surface area contributed by atoms with E-state index in [0.717, 1.165) is 17.8 Å². The largest absolute Gasteiger partial charge is 0.478 e. The van der Waals surface area contributed by atoms with Crippen LogP contribution in [0.4, 0.5) is 23.0 Å². The number of carboxylic acids is 1. The summed E-state index contributed by atoms with van der Waals surface area (Å²) in [5.74, 6) is 1.02. The zero-order chi connectivity index (χ0) is 18.5. The second kappa shape index (κ2) is 7.65. The normalized spacial score (nSPS) is 10.4. The molecule has 3 aromatic rings. The van der Waals surface area contributed by atoms with Gasteiger partial charge in [0.1, 0.15) is 17.5 Å². The van der Waals surface area contributed by atoms with Gasteiger partial charge in [-0.2, -0.15) is 0 Å². The molecule has 3 rings (SSSR count). The van der Waals surface area contributed by atoms with Gasteiger partial charge in [0.25, 0.3) is 0 Å². The molecule has 6 heteroatoms. The molecule has 1 heterocycles. The fourth-order valence-electron chi connectivity index (χ4n) is 2.63. The van der Waals surface area contributed by atoms with Crippen molar-refractivity contribution in [2.45, 2.75) is 20.3 Å². The number of carbonyl (C=O) groups is 1. The molecular weight excluding hydrogens is 328 g/mol. The van der Waals surface area contributed by atoms with Gasteiger partial charge in [-0.05, 0) is 49.2 Å². The molecular formula is C20H20N4O2. The molecule has 0 spiro atoms. The molecule has 132 valence electrons. The molecule has 3 N–H and O–H groups in total. The van der Waals surface area contributed by atoms with Crippen LogP contribution in [-0.4, -0.2) is 21.0 Å². The molecule has 0 atom stereocenters. The fourth-order valence-corrected chi connectivity index (χ4v) is 2.63. The SMILES string of the molecule is CCc1ccccc1Nc1cc(Nc2ccc(C(=O)O)cc2)nc(C)n1. The molecule has 1 aromatic heterocycles. The highest BCUT2D eigenvalue weighted by Gasteiger charge is 2.06. The topological polar surface area (TPSA) is 87.1 Å². The van der Waals surface area contributed by atoms with E-state index in [9.17, 15) is 4.79 Å². The van der Waals surface area contributed by atoms with E-state index in [1.54, 1.807) is 24.3 Å². The van der Waals surface area contributed by atoms with Crippen molar-refractivity contribution in [2.75, 3.05) is 10.6 Å². The maximum Gasteiger partial charge on any atom is 0.335 e. The van der Waals surface area contributed by atoms with E-state index < -0.39 is 5.97 Å². The van der Waals surface area contributed by atoms with Gasteiger partial charge >= 0.3 is 5.97 Å². The molecule has 0 aliphatic carbocycles. The van der Waals surface area contributed by atoms with E-state index in [-0.39, 0.29) is 5.56 Å². The van der Waals surface area contributed by atoms with E-state index in [4.69, 9.17) is 5.11 Å². The Labute approximate surface area is 152 Å². The Kier molecular flexibility index (Phi) is 5.12. The number of benzene rings is 2. The average Bonchev–Trinajstić information content (AvgIpc) is 2.62. The minimum Gasteiger partial charge on any atom is -0.478 e. The highest BCUT2D eigenvalue weighted by atomic mass is 16.4. The number of anilines is 4. The monoisotopic (exact) mass is 348 g/mol. The number of hydrogen-bond acceptors (Lipinski definition) is 5. The first kappa shape index (κ1) is 17.4. The van der Waals surface area contributed by atoms with Gasteiger partial charge in [0.2, 0.25) is 0 Å². The van der Waals surface area contributed by atoms with Crippen molar-refractivity contribution in [3.63, 3.8) is 0 Å². The van der Waals surface area contributed by atoms with E-state index in [0.29, 0.717) is 17.5 Å². The standard InChI is InChI=1S/C20H20N4O2/c1-3-14-6-4-5-7-17(14)24-19-12-18(21-13(2)22-19)23-16-10-8-15(9-11-16)20(25)26/h4-12H,3H2,1-2H3,(H,25,26)(H2,21,22,23,24). The smallest absolute Gasteiger partial charge is 0.335 e. The molecule has 0 amide bonds. The number of hydrogen-bond donors (Lipinski definition) is 3. The van der Waals surface area contributed by atoms with Crippen LogP contribution in [0.1, 0.15) is 28.7 Å². The van der Waals surface area contributed by atoms with Crippen molar-refractivity contribution in [1.82, 2.24) is 9.97 Å². The third kappa shape index (κ3) is 4.16. The number of nitrogens with one attached hydrogen (secondary N) is 2. The number of aromatic carboxylic acids is 1. The van der Waals surface area contributed by atoms with E-state index in [1.165, 1.54) is 5.56 Å². The molecule has 26 heavy (non-hydrogen) atoms. The van der Waals surface area contributed by atoms with Crippen LogP contribution in [0, 0.1) is 6.92 Å². The highest BCUT2D eigenvalue weighted by molar-refractivity contribution is 5.88. The Bertz CT molecular complexity index is 923. The van der Waals surface area contributed by atoms with Crippen LogP contribution in [0.25, 0.3) is 0 Å². The second-order valence-electron chi connectivity index (χ2n) is 5.83. The molecule has 2 aromatic carbocycles. The van der Waals surface area contributed by atoms with Crippen LogP contribution in [0.15, 0.2) is 54.6 Å². The summed E-state index contributed by atoms with van der Waals surface area (Å²) in [6.07, 6.45) is 0.925. The van der Waals surface area contributed by atoms with Crippen LogP contribution in [0.5, 0.6) is 0 Å². The Morgan fingerprint density at radius 2 is 1.65 bits per heavy atom. The lowest BCUT2D eigenvalue weighted by molar-refractivity contribution is 0.0697. The van der Waals surface area contributed by atoms with E-state index in [2.05, 4.69) is 33.6 Å². The molecule has 0 saturated heterocycles. The molecule has 0 aliphatic rings. The van der Waals surface area contributed by atoms with Gasteiger partial charge in [-0.1, -0.05) is 25.1 Å². The van der Waals surface area contributed by atoms with Crippen molar-refractivity contribution in [3.8, 4) is 0 Å². The van der Waals surface area contributed by atoms with Crippen molar-refractivity contribution >= 4 is 29.0 Å². The van der Waals surface area contributed by atoms with Crippen molar-refractivity contribution in [2.24, 2.45) is 0 Å². The quantitative estimate of drug-likeness (QED) is 0.606. The summed E-state index contributed by atoms with van der Waals surface area (Å²) in [6, 6.07) is 16.4. The van der Waals surface area contributed by atoms with Gasteiger partial charge in [-0.15, -0.1) is 0 Å². The van der Waals surface area contributed by atoms with Gasteiger partial charge in [0.05, 0.1) is 5.56 Å². The Morgan fingerprint density at radius 1 is 1.00 bits per heavy atom. The highest BCUT2D eigenvalue weighted by Crippen LogP contribution is 2.23. The van der Waals surface area contributed by atoms with Crippen LogP contribution in [0.2, 0.25) is 0 Å². The Balaban J connectivity index is 1.82. The molecule has 0 fully saturated rings. The first-order valence-corrected chi connectivity index (χ1v) is 8.36. The summed E-state index contributed by atoms with van der Waals surface area (Å²) in [5, 5.41) is 15.5. The minimum atomic E-state index is -0.949. The molecule has 6 nitrogen and oxygen atoms in total. The summed E-state index contributed by atoms with van der Waals surface area (Å²) in [5.41, 5.74) is 3.23. The zero-order valence-corrected chi connectivity index (χ0v) is 14.7. The Morgan fingerprint density at radius 3 is 2.31 bits per heavy atom. The molecule has 0 bridgehead atoms. The van der Waals surface area contributed by atoms with Gasteiger partial charge < -0.3 is 15.7 Å². The maximum absolute atomic E-state index is 10.9. The lowest BCUT2D eigenvalue weighted by Crippen LogP contribution is -2.03. The van der Waals surface area contributed by atoms with Crippen LogP contribution in [0.3, 0.4) is 0 Å². The predicted octanol–water partition coefficient (Wildman–Crippen LogP) is 4.53. The molecule has 0 unspecified atom stereocenters. The number of nitrogens with zero attached hydrogens (tertiary/aromatic N) is 2. The number of para-hydroxylation sites is 1. The number of aromatic nitrogens is 2. The summed E-state index contributed by atoms with van der Waals surface area (Å²) in [6.45, 7) is 3.94. The van der Waals surface area contributed by atoms with Crippen LogP contribution >= 0.6 is 0 Å². The molecule has 0 radical (unpaired) electrons. The summed E-state index contributed by atoms with van der Waals surface area (Å²) < 4.78 is 0. The number of rotatable bonds is 6. The zero-order valence-electron chi connectivity index (χ0n) is 14.7. The molecule has 0 saturated carbocycles. The maximum atomic E-state index is 10.9. The first-order chi connectivity index (χ1) is 12.5. The fraction of sp³-hybridized carbons (Fsp3) is 0.150. The van der Waals surface area contributed by atoms with E-state index >= 15 is 0 Å². The van der Waals surface area contributed by atoms with Gasteiger partial charge in [-0.3, -0.25) is 0 Å². The van der Waals surface area contributed by atoms with E-state index in [1.807, 2.05) is 31.2 Å². The molecule has 0 aliphatic heterocycles.